The highest BCUT2D eigenvalue weighted by Crippen LogP contribution is 2.25. The average molecular weight is 382 g/mol. The second-order valence-electron chi connectivity index (χ2n) is 6.79. The molecule has 1 aliphatic rings. The van der Waals surface area contributed by atoms with Crippen molar-refractivity contribution >= 4 is 21.9 Å². The minimum Gasteiger partial charge on any atom is -0.481 e. The number of rotatable bonds is 7. The number of piperidine rings is 1. The maximum atomic E-state index is 12.8. The van der Waals surface area contributed by atoms with Crippen LogP contribution in [0.15, 0.2) is 29.2 Å². The molecule has 0 aliphatic carbocycles. The zero-order valence-corrected chi connectivity index (χ0v) is 16.0. The Bertz CT molecular complexity index is 745. The SMILES string of the molecule is CC(CCC(=O)O)NC(=O)c1ccc(S(=O)(=O)N2CCCCC2C)cc1. The Kier molecular flexibility index (Phi) is 6.77. The van der Waals surface area contributed by atoms with E-state index in [1.807, 2.05) is 6.92 Å². The van der Waals surface area contributed by atoms with Gasteiger partial charge in [-0.1, -0.05) is 6.42 Å². The topological polar surface area (TPSA) is 104 Å². The lowest BCUT2D eigenvalue weighted by atomic mass is 10.1. The number of amides is 1. The number of carboxylic acid groups (broad SMARTS) is 1. The fourth-order valence-corrected chi connectivity index (χ4v) is 4.76. The predicted octanol–water partition coefficient (Wildman–Crippen LogP) is 2.23. The third kappa shape index (κ3) is 5.04. The van der Waals surface area contributed by atoms with E-state index in [0.29, 0.717) is 18.5 Å². The summed E-state index contributed by atoms with van der Waals surface area (Å²) in [5, 5.41) is 11.4. The Balaban J connectivity index is 2.05. The molecule has 0 bridgehead atoms. The largest absolute Gasteiger partial charge is 0.481 e. The summed E-state index contributed by atoms with van der Waals surface area (Å²) in [5.74, 6) is -1.26. The summed E-state index contributed by atoms with van der Waals surface area (Å²) in [7, 11) is -3.56. The first-order chi connectivity index (χ1) is 12.2. The van der Waals surface area contributed by atoms with Gasteiger partial charge in [0.1, 0.15) is 0 Å². The van der Waals surface area contributed by atoms with Gasteiger partial charge in [0.15, 0.2) is 0 Å². The molecule has 1 aromatic rings. The molecular weight excluding hydrogens is 356 g/mol. The van der Waals surface area contributed by atoms with Crippen LogP contribution in [0.25, 0.3) is 0 Å². The molecule has 0 spiro atoms. The molecule has 2 N–H and O–H groups in total. The zero-order chi connectivity index (χ0) is 19.3. The first-order valence-electron chi connectivity index (χ1n) is 8.86. The first kappa shape index (κ1) is 20.4. The molecule has 0 radical (unpaired) electrons. The van der Waals surface area contributed by atoms with Crippen molar-refractivity contribution in [1.29, 1.82) is 0 Å². The second-order valence-corrected chi connectivity index (χ2v) is 8.68. The van der Waals surface area contributed by atoms with E-state index in [2.05, 4.69) is 5.32 Å². The molecule has 0 saturated carbocycles. The Morgan fingerprint density at radius 1 is 1.27 bits per heavy atom. The fraction of sp³-hybridized carbons (Fsp3) is 0.556. The number of carboxylic acids is 1. The Morgan fingerprint density at radius 3 is 2.50 bits per heavy atom. The minimum absolute atomic E-state index is 0.0212. The standard InChI is InChI=1S/C18H26N2O5S/c1-13(6-11-17(21)22)19-18(23)15-7-9-16(10-8-15)26(24,25)20-12-4-3-5-14(20)2/h7-10,13-14H,3-6,11-12H2,1-2H3,(H,19,23)(H,21,22). The van der Waals surface area contributed by atoms with Crippen LogP contribution in [-0.2, 0) is 14.8 Å². The van der Waals surface area contributed by atoms with Crippen LogP contribution in [0, 0.1) is 0 Å². The van der Waals surface area contributed by atoms with E-state index < -0.39 is 16.0 Å². The monoisotopic (exact) mass is 382 g/mol. The number of sulfonamides is 1. The van der Waals surface area contributed by atoms with Gasteiger partial charge in [-0.25, -0.2) is 8.42 Å². The molecule has 2 unspecified atom stereocenters. The van der Waals surface area contributed by atoms with E-state index in [-0.39, 0.29) is 29.3 Å². The van der Waals surface area contributed by atoms with Crippen LogP contribution in [0.1, 0.15) is 56.3 Å². The van der Waals surface area contributed by atoms with Crippen molar-refractivity contribution in [2.45, 2.75) is 62.9 Å². The van der Waals surface area contributed by atoms with Gasteiger partial charge in [0.2, 0.25) is 10.0 Å². The number of carbonyl (C=O) groups is 2. The summed E-state index contributed by atoms with van der Waals surface area (Å²) in [5.41, 5.74) is 0.345. The van der Waals surface area contributed by atoms with Crippen molar-refractivity contribution < 1.29 is 23.1 Å². The maximum Gasteiger partial charge on any atom is 0.303 e. The molecule has 2 rings (SSSR count). The lowest BCUT2D eigenvalue weighted by molar-refractivity contribution is -0.137. The number of nitrogens with one attached hydrogen (secondary N) is 1. The van der Waals surface area contributed by atoms with Gasteiger partial charge in [0, 0.05) is 30.6 Å². The van der Waals surface area contributed by atoms with Crippen molar-refractivity contribution in [1.82, 2.24) is 9.62 Å². The minimum atomic E-state index is -3.56. The molecule has 7 nitrogen and oxygen atoms in total. The van der Waals surface area contributed by atoms with Gasteiger partial charge in [-0.05, 0) is 57.4 Å². The first-order valence-corrected chi connectivity index (χ1v) is 10.3. The van der Waals surface area contributed by atoms with Crippen LogP contribution in [0.2, 0.25) is 0 Å². The van der Waals surface area contributed by atoms with Crippen LogP contribution in [0.5, 0.6) is 0 Å². The molecule has 1 heterocycles. The Morgan fingerprint density at radius 2 is 1.92 bits per heavy atom. The summed E-state index contributed by atoms with van der Waals surface area (Å²) < 4.78 is 27.1. The van der Waals surface area contributed by atoms with Crippen molar-refractivity contribution in [2.24, 2.45) is 0 Å². The van der Waals surface area contributed by atoms with Crippen LogP contribution >= 0.6 is 0 Å². The quantitative estimate of drug-likeness (QED) is 0.753. The molecular formula is C18H26N2O5S. The van der Waals surface area contributed by atoms with E-state index in [0.717, 1.165) is 19.3 Å². The van der Waals surface area contributed by atoms with Gasteiger partial charge in [0.05, 0.1) is 4.90 Å². The smallest absolute Gasteiger partial charge is 0.303 e. The van der Waals surface area contributed by atoms with Crippen LogP contribution in [-0.4, -0.2) is 48.3 Å². The third-order valence-corrected chi connectivity index (χ3v) is 6.66. The molecule has 0 aromatic heterocycles. The number of benzene rings is 1. The van der Waals surface area contributed by atoms with Gasteiger partial charge in [-0.3, -0.25) is 9.59 Å². The van der Waals surface area contributed by atoms with Crippen LogP contribution < -0.4 is 5.32 Å². The highest BCUT2D eigenvalue weighted by atomic mass is 32.2. The Hall–Kier alpha value is -1.93. The third-order valence-electron chi connectivity index (χ3n) is 4.63. The molecule has 2 atom stereocenters. The second kappa shape index (κ2) is 8.64. The summed E-state index contributed by atoms with van der Waals surface area (Å²) in [6, 6.07) is 5.57. The Labute approximate surface area is 154 Å². The molecule has 1 aliphatic heterocycles. The fourth-order valence-electron chi connectivity index (χ4n) is 3.06. The summed E-state index contributed by atoms with van der Waals surface area (Å²) in [6.45, 7) is 4.17. The van der Waals surface area contributed by atoms with Crippen molar-refractivity contribution in [2.75, 3.05) is 6.54 Å². The van der Waals surface area contributed by atoms with Crippen molar-refractivity contribution in [3.8, 4) is 0 Å². The molecule has 144 valence electrons. The van der Waals surface area contributed by atoms with E-state index in [4.69, 9.17) is 5.11 Å². The van der Waals surface area contributed by atoms with Crippen molar-refractivity contribution in [3.63, 3.8) is 0 Å². The number of hydrogen-bond donors (Lipinski definition) is 2. The maximum absolute atomic E-state index is 12.8. The van der Waals surface area contributed by atoms with E-state index in [1.54, 1.807) is 6.92 Å². The number of aliphatic carboxylic acids is 1. The normalized spacial score (nSPS) is 19.7. The average Bonchev–Trinajstić information content (AvgIpc) is 2.60. The highest BCUT2D eigenvalue weighted by molar-refractivity contribution is 7.89. The summed E-state index contributed by atoms with van der Waals surface area (Å²) in [6.07, 6.45) is 3.06. The number of hydrogen-bond acceptors (Lipinski definition) is 4. The lowest BCUT2D eigenvalue weighted by Crippen LogP contribution is -2.41. The van der Waals surface area contributed by atoms with E-state index >= 15 is 0 Å². The van der Waals surface area contributed by atoms with Gasteiger partial charge in [0.25, 0.3) is 5.91 Å². The summed E-state index contributed by atoms with van der Waals surface area (Å²) in [4.78, 5) is 22.9. The van der Waals surface area contributed by atoms with Gasteiger partial charge < -0.3 is 10.4 Å². The molecule has 8 heteroatoms. The number of nitrogens with zero attached hydrogens (tertiary/aromatic N) is 1. The zero-order valence-electron chi connectivity index (χ0n) is 15.1. The van der Waals surface area contributed by atoms with E-state index in [9.17, 15) is 18.0 Å². The highest BCUT2D eigenvalue weighted by Gasteiger charge is 2.30. The lowest BCUT2D eigenvalue weighted by Gasteiger charge is -2.32. The molecule has 1 saturated heterocycles. The van der Waals surface area contributed by atoms with Gasteiger partial charge >= 0.3 is 5.97 Å². The number of carbonyl (C=O) groups excluding carboxylic acids is 1. The van der Waals surface area contributed by atoms with Crippen LogP contribution in [0.3, 0.4) is 0 Å². The van der Waals surface area contributed by atoms with Gasteiger partial charge in [-0.2, -0.15) is 4.31 Å². The molecule has 26 heavy (non-hydrogen) atoms. The van der Waals surface area contributed by atoms with Gasteiger partial charge in [-0.15, -0.1) is 0 Å². The van der Waals surface area contributed by atoms with E-state index in [1.165, 1.54) is 28.6 Å². The predicted molar refractivity (Wildman–Crippen MR) is 97.4 cm³/mol. The molecule has 1 amide bonds. The summed E-state index contributed by atoms with van der Waals surface area (Å²) >= 11 is 0. The van der Waals surface area contributed by atoms with Crippen LogP contribution in [0.4, 0.5) is 0 Å². The van der Waals surface area contributed by atoms with Crippen molar-refractivity contribution in [3.05, 3.63) is 29.8 Å². The molecule has 1 fully saturated rings. The molecule has 1 aromatic carbocycles.